The molecule has 0 radical (unpaired) electrons. The number of unbranched alkanes of at least 4 members (excludes halogenated alkanes) is 14. The minimum Gasteiger partial charge on any atom is -0.494 e. The van der Waals surface area contributed by atoms with Crippen LogP contribution in [-0.2, 0) is 4.74 Å². The summed E-state index contributed by atoms with van der Waals surface area (Å²) in [5.41, 5.74) is 2.53. The largest absolute Gasteiger partial charge is 0.494 e. The monoisotopic (exact) mass is 638 g/mol. The van der Waals surface area contributed by atoms with Gasteiger partial charge >= 0.3 is 11.9 Å². The maximum atomic E-state index is 12.7. The Hall–Kier alpha value is -4.04. The van der Waals surface area contributed by atoms with Gasteiger partial charge in [-0.2, -0.15) is 0 Å². The van der Waals surface area contributed by atoms with Crippen LogP contribution in [0.2, 0.25) is 0 Å². The minimum absolute atomic E-state index is 0.301. The molecule has 3 rings (SSSR count). The highest BCUT2D eigenvalue weighted by atomic mass is 16.5. The number of rotatable bonds is 22. The van der Waals surface area contributed by atoms with Crippen molar-refractivity contribution in [3.8, 4) is 23.3 Å². The van der Waals surface area contributed by atoms with Crippen LogP contribution >= 0.6 is 0 Å². The first-order valence-electron chi connectivity index (χ1n) is 17.9. The molecule has 0 atom stereocenters. The lowest BCUT2D eigenvalue weighted by Crippen LogP contribution is -2.08. The van der Waals surface area contributed by atoms with Gasteiger partial charge in [-0.05, 0) is 85.6 Å². The van der Waals surface area contributed by atoms with Gasteiger partial charge in [0.15, 0.2) is 0 Å². The van der Waals surface area contributed by atoms with Crippen LogP contribution in [0.3, 0.4) is 0 Å². The highest BCUT2D eigenvalue weighted by Gasteiger charge is 2.09. The molecule has 5 heteroatoms. The van der Waals surface area contributed by atoms with E-state index in [0.717, 1.165) is 36.1 Å². The lowest BCUT2D eigenvalue weighted by molar-refractivity contribution is 0.0497. The zero-order valence-corrected chi connectivity index (χ0v) is 28.7. The average Bonchev–Trinajstić information content (AvgIpc) is 3.10. The topological polar surface area (TPSA) is 61.8 Å². The van der Waals surface area contributed by atoms with E-state index in [0.29, 0.717) is 30.1 Å². The van der Waals surface area contributed by atoms with Crippen LogP contribution in [-0.4, -0.2) is 25.2 Å². The second-order valence-corrected chi connectivity index (χ2v) is 12.2. The van der Waals surface area contributed by atoms with Crippen molar-refractivity contribution >= 4 is 11.9 Å². The van der Waals surface area contributed by atoms with Gasteiger partial charge in [-0.25, -0.2) is 9.59 Å². The molecule has 3 aromatic carbocycles. The van der Waals surface area contributed by atoms with Gasteiger partial charge in [0.1, 0.15) is 11.5 Å². The van der Waals surface area contributed by atoms with Gasteiger partial charge in [-0.15, -0.1) is 0 Å². The number of ether oxygens (including phenoxy) is 3. The summed E-state index contributed by atoms with van der Waals surface area (Å²) in [5, 5.41) is 0. The molecule has 0 N–H and O–H groups in total. The maximum absolute atomic E-state index is 12.7. The molecule has 0 unspecified atom stereocenters. The minimum atomic E-state index is -0.428. The Kier molecular flexibility index (Phi) is 18.6. The summed E-state index contributed by atoms with van der Waals surface area (Å²) < 4.78 is 16.8. The lowest BCUT2D eigenvalue weighted by Gasteiger charge is -2.08. The zero-order chi connectivity index (χ0) is 33.4. The summed E-state index contributed by atoms with van der Waals surface area (Å²) in [4.78, 5) is 25.0. The van der Waals surface area contributed by atoms with Gasteiger partial charge in [0.25, 0.3) is 0 Å². The standard InChI is InChI=1S/C42H54O5/c1-3-5-7-9-11-12-13-14-16-17-33-45-39-29-31-40(32-30-39)47-42(44)38-27-23-36(24-28-38)20-19-35-21-25-37(26-22-35)41(43)46-34-18-15-10-8-6-4-2/h21-32H,3-18,33-34H2,1-2H3. The third-order valence-electron chi connectivity index (χ3n) is 8.12. The summed E-state index contributed by atoms with van der Waals surface area (Å²) in [6.45, 7) is 5.61. The first-order chi connectivity index (χ1) is 23.1. The van der Waals surface area contributed by atoms with Crippen molar-refractivity contribution in [2.75, 3.05) is 13.2 Å². The van der Waals surface area contributed by atoms with Crippen LogP contribution in [0.25, 0.3) is 0 Å². The average molecular weight is 639 g/mol. The van der Waals surface area contributed by atoms with E-state index in [9.17, 15) is 9.59 Å². The molecule has 0 aromatic heterocycles. The van der Waals surface area contributed by atoms with E-state index in [2.05, 4.69) is 25.7 Å². The van der Waals surface area contributed by atoms with Crippen LogP contribution in [0.1, 0.15) is 148 Å². The van der Waals surface area contributed by atoms with Gasteiger partial charge in [0.05, 0.1) is 24.3 Å². The van der Waals surface area contributed by atoms with Crippen LogP contribution in [0.5, 0.6) is 11.5 Å². The third kappa shape index (κ3) is 15.9. The van der Waals surface area contributed by atoms with Crippen molar-refractivity contribution in [2.24, 2.45) is 0 Å². The molecule has 5 nitrogen and oxygen atoms in total. The summed E-state index contributed by atoms with van der Waals surface area (Å²) in [7, 11) is 0. The van der Waals surface area contributed by atoms with E-state index in [-0.39, 0.29) is 5.97 Å². The van der Waals surface area contributed by atoms with E-state index in [1.54, 1.807) is 48.5 Å². The molecule has 0 amide bonds. The Morgan fingerprint density at radius 3 is 1.36 bits per heavy atom. The molecule has 0 saturated heterocycles. The van der Waals surface area contributed by atoms with Gasteiger partial charge in [-0.1, -0.05) is 116 Å². The van der Waals surface area contributed by atoms with Crippen LogP contribution in [0, 0.1) is 11.8 Å². The highest BCUT2D eigenvalue weighted by molar-refractivity contribution is 5.91. The molecule has 0 aliphatic heterocycles. The van der Waals surface area contributed by atoms with E-state index in [4.69, 9.17) is 14.2 Å². The summed E-state index contributed by atoms with van der Waals surface area (Å²) in [5.74, 6) is 6.73. The first kappa shape index (κ1) is 37.4. The fraction of sp³-hybridized carbons (Fsp3) is 0.476. The summed E-state index contributed by atoms with van der Waals surface area (Å²) in [6, 6.07) is 21.3. The Labute approximate surface area is 283 Å². The Balaban J connectivity index is 1.33. The van der Waals surface area contributed by atoms with Crippen molar-refractivity contribution in [1.82, 2.24) is 0 Å². The van der Waals surface area contributed by atoms with E-state index in [1.165, 1.54) is 83.5 Å². The van der Waals surface area contributed by atoms with Gasteiger partial charge < -0.3 is 14.2 Å². The lowest BCUT2D eigenvalue weighted by atomic mass is 10.1. The predicted octanol–water partition coefficient (Wildman–Crippen LogP) is 11.1. The molecular formula is C42H54O5. The third-order valence-corrected chi connectivity index (χ3v) is 8.12. The number of hydrogen-bond acceptors (Lipinski definition) is 5. The SMILES string of the molecule is CCCCCCCCCCCCOc1ccc(OC(=O)c2ccc(C#Cc3ccc(C(=O)OCCCCCCCC)cc3)cc2)cc1. The number of hydrogen-bond donors (Lipinski definition) is 0. The maximum Gasteiger partial charge on any atom is 0.343 e. The fourth-order valence-corrected chi connectivity index (χ4v) is 5.20. The van der Waals surface area contributed by atoms with Gasteiger partial charge in [0.2, 0.25) is 0 Å². The van der Waals surface area contributed by atoms with Crippen molar-refractivity contribution in [1.29, 1.82) is 0 Å². The molecule has 0 aliphatic rings. The Bertz CT molecular complexity index is 1350. The quantitative estimate of drug-likeness (QED) is 0.0474. The van der Waals surface area contributed by atoms with Crippen molar-refractivity contribution in [3.05, 3.63) is 95.1 Å². The number of benzene rings is 3. The number of carbonyl (C=O) groups excluding carboxylic acids is 2. The number of esters is 2. The van der Waals surface area contributed by atoms with Gasteiger partial charge in [-0.3, -0.25) is 0 Å². The second kappa shape index (κ2) is 23.3. The molecule has 0 bridgehead atoms. The van der Waals surface area contributed by atoms with Crippen molar-refractivity contribution in [2.45, 2.75) is 117 Å². The molecule has 0 aliphatic carbocycles. The number of carbonyl (C=O) groups is 2. The molecular weight excluding hydrogens is 584 g/mol. The summed E-state index contributed by atoms with van der Waals surface area (Å²) >= 11 is 0. The summed E-state index contributed by atoms with van der Waals surface area (Å²) in [6.07, 6.45) is 19.9. The molecule has 47 heavy (non-hydrogen) atoms. The zero-order valence-electron chi connectivity index (χ0n) is 28.7. The predicted molar refractivity (Wildman–Crippen MR) is 191 cm³/mol. The molecule has 3 aromatic rings. The molecule has 0 saturated carbocycles. The Morgan fingerprint density at radius 1 is 0.468 bits per heavy atom. The Morgan fingerprint density at radius 2 is 0.872 bits per heavy atom. The second-order valence-electron chi connectivity index (χ2n) is 12.2. The van der Waals surface area contributed by atoms with Crippen molar-refractivity contribution < 1.29 is 23.8 Å². The molecule has 252 valence electrons. The molecule has 0 fully saturated rings. The van der Waals surface area contributed by atoms with Crippen LogP contribution < -0.4 is 9.47 Å². The van der Waals surface area contributed by atoms with Crippen LogP contribution in [0.15, 0.2) is 72.8 Å². The van der Waals surface area contributed by atoms with Crippen LogP contribution in [0.4, 0.5) is 0 Å². The van der Waals surface area contributed by atoms with E-state index >= 15 is 0 Å². The fourth-order valence-electron chi connectivity index (χ4n) is 5.20. The van der Waals surface area contributed by atoms with E-state index in [1.807, 2.05) is 24.3 Å². The molecule has 0 spiro atoms. The molecule has 0 heterocycles. The normalized spacial score (nSPS) is 10.6. The van der Waals surface area contributed by atoms with Crippen molar-refractivity contribution in [3.63, 3.8) is 0 Å². The smallest absolute Gasteiger partial charge is 0.343 e. The van der Waals surface area contributed by atoms with Gasteiger partial charge in [0, 0.05) is 11.1 Å². The van der Waals surface area contributed by atoms with E-state index < -0.39 is 5.97 Å². The first-order valence-corrected chi connectivity index (χ1v) is 17.9. The highest BCUT2D eigenvalue weighted by Crippen LogP contribution is 2.20.